The lowest BCUT2D eigenvalue weighted by atomic mass is 10.1. The zero-order valence-electron chi connectivity index (χ0n) is 19.5. The molecule has 0 saturated carbocycles. The number of para-hydroxylation sites is 2. The summed E-state index contributed by atoms with van der Waals surface area (Å²) in [6, 6.07) is 13.7. The Balaban J connectivity index is 1.42. The third-order valence-electron chi connectivity index (χ3n) is 5.63. The minimum Gasteiger partial charge on any atom is -0.492 e. The number of urea groups is 1. The van der Waals surface area contributed by atoms with E-state index < -0.39 is 11.7 Å². The van der Waals surface area contributed by atoms with Gasteiger partial charge in [0.25, 0.3) is 0 Å². The van der Waals surface area contributed by atoms with Crippen LogP contribution < -0.4 is 15.0 Å². The highest BCUT2D eigenvalue weighted by molar-refractivity contribution is 5.91. The van der Waals surface area contributed by atoms with Gasteiger partial charge in [-0.1, -0.05) is 24.3 Å². The van der Waals surface area contributed by atoms with Crippen LogP contribution in [0.15, 0.2) is 54.6 Å². The number of hydrogen-bond acceptors (Lipinski definition) is 5. The van der Waals surface area contributed by atoms with Gasteiger partial charge in [0.1, 0.15) is 11.6 Å². The first-order chi connectivity index (χ1) is 16.7. The Labute approximate surface area is 201 Å². The minimum absolute atomic E-state index is 0.207. The van der Waals surface area contributed by atoms with Crippen LogP contribution in [-0.2, 0) is 6.18 Å². The van der Waals surface area contributed by atoms with E-state index >= 15 is 0 Å². The van der Waals surface area contributed by atoms with Crippen molar-refractivity contribution in [3.63, 3.8) is 0 Å². The number of hydrogen-bond donors (Lipinski definition) is 1. The third-order valence-corrected chi connectivity index (χ3v) is 5.63. The second-order valence-electron chi connectivity index (χ2n) is 8.10. The lowest BCUT2D eigenvalue weighted by molar-refractivity contribution is -0.137. The summed E-state index contributed by atoms with van der Waals surface area (Å²) in [4.78, 5) is 25.5. The number of anilines is 2. The molecule has 1 N–H and O–H groups in total. The van der Waals surface area contributed by atoms with E-state index in [0.717, 1.165) is 12.1 Å². The number of benzene rings is 2. The number of ether oxygens (including phenoxy) is 1. The number of alkyl halides is 3. The van der Waals surface area contributed by atoms with Crippen LogP contribution in [0.25, 0.3) is 11.4 Å². The molecule has 2 aromatic carbocycles. The Morgan fingerprint density at radius 3 is 2.37 bits per heavy atom. The van der Waals surface area contributed by atoms with Gasteiger partial charge in [-0.25, -0.2) is 14.8 Å². The van der Waals surface area contributed by atoms with Gasteiger partial charge in [0.2, 0.25) is 0 Å². The molecule has 0 unspecified atom stereocenters. The van der Waals surface area contributed by atoms with Gasteiger partial charge in [0.15, 0.2) is 5.82 Å². The van der Waals surface area contributed by atoms with Crippen molar-refractivity contribution in [2.24, 2.45) is 0 Å². The Morgan fingerprint density at radius 2 is 1.71 bits per heavy atom. The standard InChI is InChI=1S/C25H26F3N5O2/c1-3-35-21-7-5-4-6-20(21)30-24(34)33-14-12-32(13-15-33)22-16-17(2)29-23(31-22)18-8-10-19(11-9-18)25(26,27)28/h4-11,16H,3,12-15H2,1-2H3,(H,30,34). The van der Waals surface area contributed by atoms with E-state index in [2.05, 4.69) is 15.3 Å². The zero-order valence-corrected chi connectivity index (χ0v) is 19.5. The number of rotatable bonds is 5. The molecule has 0 atom stereocenters. The van der Waals surface area contributed by atoms with Crippen molar-refractivity contribution >= 4 is 17.5 Å². The van der Waals surface area contributed by atoms with Gasteiger partial charge in [0.05, 0.1) is 17.9 Å². The molecule has 0 spiro atoms. The summed E-state index contributed by atoms with van der Waals surface area (Å²) >= 11 is 0. The van der Waals surface area contributed by atoms with E-state index in [1.54, 1.807) is 11.0 Å². The van der Waals surface area contributed by atoms with Crippen LogP contribution >= 0.6 is 0 Å². The molecular weight excluding hydrogens is 459 g/mol. The summed E-state index contributed by atoms with van der Waals surface area (Å²) in [5.41, 5.74) is 1.12. The topological polar surface area (TPSA) is 70.6 Å². The fourth-order valence-corrected chi connectivity index (χ4v) is 3.84. The average Bonchev–Trinajstić information content (AvgIpc) is 2.84. The molecule has 1 aliphatic heterocycles. The van der Waals surface area contributed by atoms with Gasteiger partial charge in [-0.3, -0.25) is 0 Å². The number of carbonyl (C=O) groups is 1. The fraction of sp³-hybridized carbons (Fsp3) is 0.320. The highest BCUT2D eigenvalue weighted by atomic mass is 19.4. The first kappa shape index (κ1) is 24.3. The second-order valence-corrected chi connectivity index (χ2v) is 8.10. The van der Waals surface area contributed by atoms with Crippen LogP contribution in [-0.4, -0.2) is 53.7 Å². The number of nitrogens with one attached hydrogen (secondary N) is 1. The predicted octanol–water partition coefficient (Wildman–Crippen LogP) is 5.22. The van der Waals surface area contributed by atoms with Gasteiger partial charge < -0.3 is 19.9 Å². The molecule has 1 fully saturated rings. The van der Waals surface area contributed by atoms with E-state index in [9.17, 15) is 18.0 Å². The fourth-order valence-electron chi connectivity index (χ4n) is 3.84. The average molecular weight is 486 g/mol. The summed E-state index contributed by atoms with van der Waals surface area (Å²) in [6.07, 6.45) is -4.39. The maximum Gasteiger partial charge on any atom is 0.416 e. The molecule has 1 aromatic heterocycles. The first-order valence-electron chi connectivity index (χ1n) is 11.3. The zero-order chi connectivity index (χ0) is 25.0. The maximum absolute atomic E-state index is 12.9. The number of aromatic nitrogens is 2. The van der Waals surface area contributed by atoms with Crippen LogP contribution in [0, 0.1) is 6.92 Å². The molecule has 0 aliphatic carbocycles. The predicted molar refractivity (Wildman–Crippen MR) is 128 cm³/mol. The molecule has 10 heteroatoms. The Hall–Kier alpha value is -3.82. The van der Waals surface area contributed by atoms with Gasteiger partial charge >= 0.3 is 12.2 Å². The number of piperazine rings is 1. The maximum atomic E-state index is 12.9. The molecule has 3 aromatic rings. The number of aryl methyl sites for hydroxylation is 1. The van der Waals surface area contributed by atoms with Crippen LogP contribution in [0.2, 0.25) is 0 Å². The quantitative estimate of drug-likeness (QED) is 0.536. The molecule has 1 aliphatic rings. The molecule has 2 heterocycles. The van der Waals surface area contributed by atoms with E-state index in [4.69, 9.17) is 4.74 Å². The SMILES string of the molecule is CCOc1ccccc1NC(=O)N1CCN(c2cc(C)nc(-c3ccc(C(F)(F)F)cc3)n2)CC1. The molecule has 35 heavy (non-hydrogen) atoms. The van der Waals surface area contributed by atoms with Gasteiger partial charge in [-0.05, 0) is 38.1 Å². The Morgan fingerprint density at radius 1 is 1.03 bits per heavy atom. The van der Waals surface area contributed by atoms with Gasteiger partial charge in [0, 0.05) is 43.5 Å². The molecule has 0 radical (unpaired) electrons. The van der Waals surface area contributed by atoms with Crippen LogP contribution in [0.4, 0.5) is 29.5 Å². The number of amides is 2. The van der Waals surface area contributed by atoms with Crippen LogP contribution in [0.5, 0.6) is 5.75 Å². The highest BCUT2D eigenvalue weighted by Crippen LogP contribution is 2.31. The second kappa shape index (κ2) is 10.2. The molecule has 7 nitrogen and oxygen atoms in total. The number of carbonyl (C=O) groups excluding carboxylic acids is 1. The van der Waals surface area contributed by atoms with Crippen molar-refractivity contribution in [2.75, 3.05) is 43.0 Å². The molecule has 2 amide bonds. The Kier molecular flexibility index (Phi) is 7.09. The summed E-state index contributed by atoms with van der Waals surface area (Å²) in [5, 5.41) is 2.91. The largest absolute Gasteiger partial charge is 0.492 e. The van der Waals surface area contributed by atoms with E-state index in [0.29, 0.717) is 67.1 Å². The van der Waals surface area contributed by atoms with Crippen molar-refractivity contribution in [1.29, 1.82) is 0 Å². The number of halogens is 3. The van der Waals surface area contributed by atoms with Crippen LogP contribution in [0.1, 0.15) is 18.2 Å². The van der Waals surface area contributed by atoms with Crippen molar-refractivity contribution in [2.45, 2.75) is 20.0 Å². The molecule has 0 bridgehead atoms. The normalized spacial score (nSPS) is 14.1. The summed E-state index contributed by atoms with van der Waals surface area (Å²) in [7, 11) is 0. The van der Waals surface area contributed by atoms with E-state index in [1.165, 1.54) is 12.1 Å². The van der Waals surface area contributed by atoms with E-state index in [1.807, 2.05) is 43.0 Å². The van der Waals surface area contributed by atoms with E-state index in [-0.39, 0.29) is 6.03 Å². The van der Waals surface area contributed by atoms with Gasteiger partial charge in [-0.15, -0.1) is 0 Å². The van der Waals surface area contributed by atoms with Crippen molar-refractivity contribution in [3.05, 3.63) is 65.9 Å². The minimum atomic E-state index is -4.39. The highest BCUT2D eigenvalue weighted by Gasteiger charge is 2.30. The summed E-state index contributed by atoms with van der Waals surface area (Å²) in [6.45, 7) is 6.29. The first-order valence-corrected chi connectivity index (χ1v) is 11.3. The van der Waals surface area contributed by atoms with Crippen molar-refractivity contribution < 1.29 is 22.7 Å². The monoisotopic (exact) mass is 485 g/mol. The lowest BCUT2D eigenvalue weighted by Crippen LogP contribution is -2.50. The third kappa shape index (κ3) is 5.82. The lowest BCUT2D eigenvalue weighted by Gasteiger charge is -2.35. The number of nitrogens with zero attached hydrogens (tertiary/aromatic N) is 4. The smallest absolute Gasteiger partial charge is 0.416 e. The summed E-state index contributed by atoms with van der Waals surface area (Å²) < 4.78 is 44.2. The van der Waals surface area contributed by atoms with Crippen molar-refractivity contribution in [1.82, 2.24) is 14.9 Å². The Bertz CT molecular complexity index is 1180. The molecular formula is C25H26F3N5O2. The van der Waals surface area contributed by atoms with Crippen molar-refractivity contribution in [3.8, 4) is 17.1 Å². The molecule has 184 valence electrons. The summed E-state index contributed by atoms with van der Waals surface area (Å²) in [5.74, 6) is 1.66. The van der Waals surface area contributed by atoms with Crippen LogP contribution in [0.3, 0.4) is 0 Å². The van der Waals surface area contributed by atoms with Gasteiger partial charge in [-0.2, -0.15) is 13.2 Å². The molecule has 4 rings (SSSR count). The molecule has 1 saturated heterocycles.